The molecule has 0 aliphatic carbocycles. The number of benzene rings is 1. The maximum absolute atomic E-state index is 5.09. The van der Waals surface area contributed by atoms with E-state index in [9.17, 15) is 0 Å². The van der Waals surface area contributed by atoms with Gasteiger partial charge in [-0.05, 0) is 30.7 Å². The molecule has 1 radical (unpaired) electrons. The van der Waals surface area contributed by atoms with Crippen LogP contribution < -0.4 is 4.74 Å². The quantitative estimate of drug-likeness (QED) is 0.760. The lowest BCUT2D eigenvalue weighted by Gasteiger charge is -2.03. The van der Waals surface area contributed by atoms with Crippen LogP contribution in [0.3, 0.4) is 0 Å². The fourth-order valence-corrected chi connectivity index (χ4v) is 1.41. The molecular formula is C12H13N2O. The Labute approximate surface area is 89.3 Å². The molecule has 1 aromatic heterocycles. The third-order valence-electron chi connectivity index (χ3n) is 2.20. The normalized spacial score (nSPS) is 10.3. The fraction of sp³-hybridized carbons (Fsp3) is 0.167. The van der Waals surface area contributed by atoms with Gasteiger partial charge in [0, 0.05) is 6.20 Å². The Kier molecular flexibility index (Phi) is 2.72. The summed E-state index contributed by atoms with van der Waals surface area (Å²) < 4.78 is 6.96. The summed E-state index contributed by atoms with van der Waals surface area (Å²) in [7, 11) is 1.66. The van der Waals surface area contributed by atoms with Crippen LogP contribution in [0.15, 0.2) is 36.5 Å². The van der Waals surface area contributed by atoms with Gasteiger partial charge in [-0.3, -0.25) is 4.68 Å². The van der Waals surface area contributed by atoms with Gasteiger partial charge >= 0.3 is 0 Å². The summed E-state index contributed by atoms with van der Waals surface area (Å²) in [5.41, 5.74) is 1.99. The lowest BCUT2D eigenvalue weighted by atomic mass is 10.2. The van der Waals surface area contributed by atoms with Gasteiger partial charge in [0.2, 0.25) is 0 Å². The average molecular weight is 201 g/mol. The number of nitrogens with zero attached hydrogens (tertiary/aromatic N) is 2. The molecule has 0 unspecified atom stereocenters. The van der Waals surface area contributed by atoms with Gasteiger partial charge in [0.1, 0.15) is 5.75 Å². The van der Waals surface area contributed by atoms with Crippen molar-refractivity contribution in [2.45, 2.75) is 6.54 Å². The van der Waals surface area contributed by atoms with Crippen molar-refractivity contribution >= 4 is 0 Å². The molecule has 77 valence electrons. The lowest BCUT2D eigenvalue weighted by Crippen LogP contribution is -2.00. The van der Waals surface area contributed by atoms with Crippen LogP contribution in [0.5, 0.6) is 5.75 Å². The predicted octanol–water partition coefficient (Wildman–Crippen LogP) is 2.12. The standard InChI is InChI=1S/C12H13N2O/c1-10-7-8-14(13-10)9-11-3-5-12(15-2)6-4-11/h3-8H,1,9H2,2H3. The molecule has 3 heteroatoms. The summed E-state index contributed by atoms with van der Waals surface area (Å²) >= 11 is 0. The van der Waals surface area contributed by atoms with Crippen LogP contribution in [0, 0.1) is 6.92 Å². The number of aromatic nitrogens is 2. The molecule has 2 aromatic rings. The molecule has 0 amide bonds. The van der Waals surface area contributed by atoms with E-state index < -0.39 is 0 Å². The number of hydrogen-bond acceptors (Lipinski definition) is 2. The van der Waals surface area contributed by atoms with Crippen molar-refractivity contribution in [2.75, 3.05) is 7.11 Å². The zero-order chi connectivity index (χ0) is 10.7. The Morgan fingerprint density at radius 3 is 2.53 bits per heavy atom. The van der Waals surface area contributed by atoms with E-state index in [4.69, 9.17) is 4.74 Å². The van der Waals surface area contributed by atoms with Crippen molar-refractivity contribution in [3.8, 4) is 5.75 Å². The Hall–Kier alpha value is -1.77. The minimum atomic E-state index is 0.763. The SMILES string of the molecule is [CH2]c1ccn(Cc2ccc(OC)cc2)n1. The third-order valence-corrected chi connectivity index (χ3v) is 2.20. The first kappa shape index (κ1) is 9.77. The summed E-state index contributed by atoms with van der Waals surface area (Å²) in [5.74, 6) is 0.872. The van der Waals surface area contributed by atoms with Crippen LogP contribution in [-0.2, 0) is 6.54 Å². The van der Waals surface area contributed by atoms with E-state index in [2.05, 4.69) is 12.0 Å². The second kappa shape index (κ2) is 4.17. The summed E-state index contributed by atoms with van der Waals surface area (Å²) in [5, 5.41) is 4.22. The van der Waals surface area contributed by atoms with Crippen LogP contribution in [-0.4, -0.2) is 16.9 Å². The molecule has 0 fully saturated rings. The van der Waals surface area contributed by atoms with Crippen molar-refractivity contribution < 1.29 is 4.74 Å². The molecule has 1 heterocycles. The van der Waals surface area contributed by atoms with Gasteiger partial charge in [0.05, 0.1) is 19.3 Å². The van der Waals surface area contributed by atoms with Crippen LogP contribution in [0.4, 0.5) is 0 Å². The molecule has 0 bridgehead atoms. The molecule has 0 N–H and O–H groups in total. The maximum atomic E-state index is 5.09. The molecule has 2 rings (SSSR count). The molecule has 0 spiro atoms. The van der Waals surface area contributed by atoms with Crippen molar-refractivity contribution in [1.29, 1.82) is 0 Å². The van der Waals surface area contributed by atoms with Crippen molar-refractivity contribution in [3.63, 3.8) is 0 Å². The van der Waals surface area contributed by atoms with E-state index in [1.54, 1.807) is 7.11 Å². The highest BCUT2D eigenvalue weighted by molar-refractivity contribution is 5.27. The Balaban J connectivity index is 2.11. The fourth-order valence-electron chi connectivity index (χ4n) is 1.41. The highest BCUT2D eigenvalue weighted by Crippen LogP contribution is 2.12. The number of ether oxygens (including phenoxy) is 1. The van der Waals surface area contributed by atoms with E-state index in [0.717, 1.165) is 18.0 Å². The largest absolute Gasteiger partial charge is 0.497 e. The summed E-state index contributed by atoms with van der Waals surface area (Å²) in [6, 6.07) is 9.85. The van der Waals surface area contributed by atoms with Crippen LogP contribution >= 0.6 is 0 Å². The summed E-state index contributed by atoms with van der Waals surface area (Å²) in [4.78, 5) is 0. The van der Waals surface area contributed by atoms with Crippen LogP contribution in [0.2, 0.25) is 0 Å². The smallest absolute Gasteiger partial charge is 0.118 e. The lowest BCUT2D eigenvalue weighted by molar-refractivity contribution is 0.414. The highest BCUT2D eigenvalue weighted by atomic mass is 16.5. The summed E-state index contributed by atoms with van der Waals surface area (Å²) in [6.07, 6.45) is 1.92. The van der Waals surface area contributed by atoms with Crippen LogP contribution in [0.25, 0.3) is 0 Å². The zero-order valence-electron chi connectivity index (χ0n) is 8.68. The third kappa shape index (κ3) is 2.37. The molecule has 15 heavy (non-hydrogen) atoms. The molecular weight excluding hydrogens is 188 g/mol. The maximum Gasteiger partial charge on any atom is 0.118 e. The second-order valence-electron chi connectivity index (χ2n) is 3.35. The topological polar surface area (TPSA) is 27.1 Å². The molecule has 0 aliphatic rings. The number of methoxy groups -OCH3 is 1. The highest BCUT2D eigenvalue weighted by Gasteiger charge is 1.97. The Morgan fingerprint density at radius 2 is 2.00 bits per heavy atom. The molecule has 1 aromatic carbocycles. The van der Waals surface area contributed by atoms with E-state index in [1.807, 2.05) is 41.2 Å². The predicted molar refractivity (Wildman–Crippen MR) is 58.8 cm³/mol. The van der Waals surface area contributed by atoms with Gasteiger partial charge in [-0.15, -0.1) is 0 Å². The van der Waals surface area contributed by atoms with Crippen molar-refractivity contribution in [2.24, 2.45) is 0 Å². The van der Waals surface area contributed by atoms with Gasteiger partial charge in [-0.2, -0.15) is 5.10 Å². The average Bonchev–Trinajstić information content (AvgIpc) is 2.65. The van der Waals surface area contributed by atoms with Gasteiger partial charge < -0.3 is 4.74 Å². The molecule has 0 saturated carbocycles. The zero-order valence-corrected chi connectivity index (χ0v) is 8.68. The first-order valence-corrected chi connectivity index (χ1v) is 4.76. The second-order valence-corrected chi connectivity index (χ2v) is 3.35. The first-order valence-electron chi connectivity index (χ1n) is 4.76. The van der Waals surface area contributed by atoms with Gasteiger partial charge in [0.15, 0.2) is 0 Å². The molecule has 0 aliphatic heterocycles. The minimum Gasteiger partial charge on any atom is -0.497 e. The first-order chi connectivity index (χ1) is 7.28. The van der Waals surface area contributed by atoms with Crippen molar-refractivity contribution in [1.82, 2.24) is 9.78 Å². The van der Waals surface area contributed by atoms with Gasteiger partial charge in [-0.1, -0.05) is 12.1 Å². The summed E-state index contributed by atoms with van der Waals surface area (Å²) in [6.45, 7) is 4.52. The monoisotopic (exact) mass is 201 g/mol. The van der Waals surface area contributed by atoms with Gasteiger partial charge in [-0.25, -0.2) is 0 Å². The van der Waals surface area contributed by atoms with Crippen molar-refractivity contribution in [3.05, 3.63) is 54.7 Å². The Bertz CT molecular complexity index is 431. The molecule has 3 nitrogen and oxygen atoms in total. The van der Waals surface area contributed by atoms with E-state index in [1.165, 1.54) is 5.56 Å². The van der Waals surface area contributed by atoms with Gasteiger partial charge in [0.25, 0.3) is 0 Å². The van der Waals surface area contributed by atoms with E-state index >= 15 is 0 Å². The number of rotatable bonds is 3. The molecule has 0 atom stereocenters. The minimum absolute atomic E-state index is 0.763. The van der Waals surface area contributed by atoms with E-state index in [-0.39, 0.29) is 0 Å². The van der Waals surface area contributed by atoms with Crippen LogP contribution in [0.1, 0.15) is 11.3 Å². The Morgan fingerprint density at radius 1 is 1.27 bits per heavy atom. The molecule has 0 saturated heterocycles. The van der Waals surface area contributed by atoms with E-state index in [0.29, 0.717) is 0 Å². The number of hydrogen-bond donors (Lipinski definition) is 0.